The number of nitrogens with one attached hydrogen (secondary N) is 1. The highest BCUT2D eigenvalue weighted by molar-refractivity contribution is 6.30. The maximum atomic E-state index is 11.2. The predicted octanol–water partition coefficient (Wildman–Crippen LogP) is 2.03. The lowest BCUT2D eigenvalue weighted by atomic mass is 10.1. The van der Waals surface area contributed by atoms with E-state index in [4.69, 9.17) is 17.3 Å². The maximum Gasteiger partial charge on any atom is 0.236 e. The molecule has 1 unspecified atom stereocenters. The van der Waals surface area contributed by atoms with Crippen LogP contribution in [0.5, 0.6) is 0 Å². The minimum Gasteiger partial charge on any atom is -0.351 e. The number of carbonyl (C=O) groups excluding carboxylic acids is 1. The van der Waals surface area contributed by atoms with Crippen LogP contribution in [0.25, 0.3) is 0 Å². The van der Waals surface area contributed by atoms with Crippen LogP contribution >= 0.6 is 24.0 Å². The van der Waals surface area contributed by atoms with Gasteiger partial charge in [0.15, 0.2) is 0 Å². The van der Waals surface area contributed by atoms with Crippen molar-refractivity contribution in [1.82, 2.24) is 5.32 Å². The van der Waals surface area contributed by atoms with E-state index < -0.39 is 6.04 Å². The first-order valence-corrected chi connectivity index (χ1v) is 5.17. The molecule has 1 amide bonds. The zero-order valence-corrected chi connectivity index (χ0v) is 10.9. The van der Waals surface area contributed by atoms with Crippen molar-refractivity contribution in [2.24, 2.45) is 5.73 Å². The van der Waals surface area contributed by atoms with Crippen molar-refractivity contribution in [3.8, 4) is 0 Å². The second-order valence-corrected chi connectivity index (χ2v) is 4.01. The Morgan fingerprint density at radius 3 is 2.75 bits per heavy atom. The Kier molecular flexibility index (Phi) is 6.41. The highest BCUT2D eigenvalue weighted by atomic mass is 35.5. The molecule has 0 saturated heterocycles. The van der Waals surface area contributed by atoms with Gasteiger partial charge in [0.2, 0.25) is 5.91 Å². The standard InChI is InChI=1S/C11H15ClN2O.ClH/c1-7-3-4-10(12)5-9(7)6-14-11(15)8(2)13;/h3-5,8H,6,13H2,1-2H3,(H,14,15);1H. The van der Waals surface area contributed by atoms with E-state index >= 15 is 0 Å². The van der Waals surface area contributed by atoms with E-state index in [2.05, 4.69) is 5.32 Å². The Bertz CT molecular complexity index is 367. The van der Waals surface area contributed by atoms with Crippen LogP contribution in [0.2, 0.25) is 5.02 Å². The number of benzene rings is 1. The zero-order chi connectivity index (χ0) is 11.4. The summed E-state index contributed by atoms with van der Waals surface area (Å²) >= 11 is 5.86. The summed E-state index contributed by atoms with van der Waals surface area (Å²) in [6.07, 6.45) is 0. The third-order valence-corrected chi connectivity index (χ3v) is 2.41. The second kappa shape index (κ2) is 6.74. The molecule has 0 fully saturated rings. The Labute approximate surface area is 107 Å². The molecule has 1 aromatic carbocycles. The van der Waals surface area contributed by atoms with E-state index in [0.717, 1.165) is 11.1 Å². The summed E-state index contributed by atoms with van der Waals surface area (Å²) in [7, 11) is 0. The van der Waals surface area contributed by atoms with Crippen molar-refractivity contribution >= 4 is 29.9 Å². The number of amides is 1. The highest BCUT2D eigenvalue weighted by Crippen LogP contribution is 2.14. The number of halogens is 2. The van der Waals surface area contributed by atoms with Crippen LogP contribution in [0.1, 0.15) is 18.1 Å². The first-order valence-electron chi connectivity index (χ1n) is 4.79. The molecule has 3 N–H and O–H groups in total. The highest BCUT2D eigenvalue weighted by Gasteiger charge is 2.07. The van der Waals surface area contributed by atoms with Gasteiger partial charge in [0.05, 0.1) is 6.04 Å². The smallest absolute Gasteiger partial charge is 0.236 e. The molecule has 0 saturated carbocycles. The van der Waals surface area contributed by atoms with Crippen LogP contribution in [0.4, 0.5) is 0 Å². The Hall–Kier alpha value is -0.770. The van der Waals surface area contributed by atoms with Crippen LogP contribution < -0.4 is 11.1 Å². The van der Waals surface area contributed by atoms with Crippen molar-refractivity contribution in [3.05, 3.63) is 34.3 Å². The van der Waals surface area contributed by atoms with Crippen LogP contribution in [0, 0.1) is 6.92 Å². The molecule has 0 bridgehead atoms. The average molecular weight is 263 g/mol. The number of carbonyl (C=O) groups is 1. The Morgan fingerprint density at radius 2 is 2.19 bits per heavy atom. The van der Waals surface area contributed by atoms with Gasteiger partial charge >= 0.3 is 0 Å². The lowest BCUT2D eigenvalue weighted by Crippen LogP contribution is -2.37. The largest absolute Gasteiger partial charge is 0.351 e. The normalized spacial score (nSPS) is 11.5. The number of nitrogens with two attached hydrogens (primary N) is 1. The first kappa shape index (κ1) is 15.2. The summed E-state index contributed by atoms with van der Waals surface area (Å²) < 4.78 is 0. The summed E-state index contributed by atoms with van der Waals surface area (Å²) in [5.41, 5.74) is 7.54. The quantitative estimate of drug-likeness (QED) is 0.876. The molecule has 0 radical (unpaired) electrons. The second-order valence-electron chi connectivity index (χ2n) is 3.58. The molecule has 90 valence electrons. The molecular weight excluding hydrogens is 247 g/mol. The average Bonchev–Trinajstić information content (AvgIpc) is 2.18. The summed E-state index contributed by atoms with van der Waals surface area (Å²) in [4.78, 5) is 11.2. The van der Waals surface area contributed by atoms with Gasteiger partial charge in [-0.25, -0.2) is 0 Å². The Balaban J connectivity index is 0.00000225. The van der Waals surface area contributed by atoms with Gasteiger partial charge in [-0.1, -0.05) is 17.7 Å². The molecule has 0 aliphatic carbocycles. The molecule has 16 heavy (non-hydrogen) atoms. The van der Waals surface area contributed by atoms with Crippen LogP contribution in [-0.4, -0.2) is 11.9 Å². The van der Waals surface area contributed by atoms with Gasteiger partial charge in [-0.15, -0.1) is 12.4 Å². The number of rotatable bonds is 3. The molecule has 0 aromatic heterocycles. The van der Waals surface area contributed by atoms with E-state index in [1.807, 2.05) is 25.1 Å². The summed E-state index contributed by atoms with van der Waals surface area (Å²) in [6.45, 7) is 4.09. The fourth-order valence-electron chi connectivity index (χ4n) is 1.17. The molecule has 0 spiro atoms. The van der Waals surface area contributed by atoms with Crippen molar-refractivity contribution < 1.29 is 4.79 Å². The molecular formula is C11H16Cl2N2O. The molecule has 0 heterocycles. The molecule has 0 aliphatic heterocycles. The van der Waals surface area contributed by atoms with Crippen molar-refractivity contribution in [3.63, 3.8) is 0 Å². The first-order chi connectivity index (χ1) is 7.00. The van der Waals surface area contributed by atoms with E-state index in [1.54, 1.807) is 6.92 Å². The topological polar surface area (TPSA) is 55.1 Å². The molecule has 1 aromatic rings. The minimum absolute atomic E-state index is 0. The minimum atomic E-state index is -0.482. The van der Waals surface area contributed by atoms with Crippen molar-refractivity contribution in [2.75, 3.05) is 0 Å². The van der Waals surface area contributed by atoms with E-state index in [-0.39, 0.29) is 18.3 Å². The number of aryl methyl sites for hydroxylation is 1. The van der Waals surface area contributed by atoms with Gasteiger partial charge in [0.25, 0.3) is 0 Å². The predicted molar refractivity (Wildman–Crippen MR) is 68.9 cm³/mol. The van der Waals surface area contributed by atoms with E-state index in [9.17, 15) is 4.79 Å². The summed E-state index contributed by atoms with van der Waals surface area (Å²) in [6, 6.07) is 5.12. The number of hydrogen-bond acceptors (Lipinski definition) is 2. The number of hydrogen-bond donors (Lipinski definition) is 2. The monoisotopic (exact) mass is 262 g/mol. The third-order valence-electron chi connectivity index (χ3n) is 2.18. The third kappa shape index (κ3) is 4.39. The van der Waals surface area contributed by atoms with Crippen molar-refractivity contribution in [1.29, 1.82) is 0 Å². The van der Waals surface area contributed by atoms with Gasteiger partial charge < -0.3 is 11.1 Å². The molecule has 5 heteroatoms. The fourth-order valence-corrected chi connectivity index (χ4v) is 1.37. The summed E-state index contributed by atoms with van der Waals surface area (Å²) in [5, 5.41) is 3.42. The molecule has 1 rings (SSSR count). The van der Waals surface area contributed by atoms with Gasteiger partial charge in [-0.2, -0.15) is 0 Å². The molecule has 0 aliphatic rings. The SMILES string of the molecule is Cc1ccc(Cl)cc1CNC(=O)C(C)N.Cl. The van der Waals surface area contributed by atoms with Crippen molar-refractivity contribution in [2.45, 2.75) is 26.4 Å². The van der Waals surface area contributed by atoms with E-state index in [1.165, 1.54) is 0 Å². The van der Waals surface area contributed by atoms with Gasteiger partial charge in [-0.3, -0.25) is 4.79 Å². The zero-order valence-electron chi connectivity index (χ0n) is 9.29. The molecule has 3 nitrogen and oxygen atoms in total. The van der Waals surface area contributed by atoms with Crippen LogP contribution in [0.3, 0.4) is 0 Å². The molecule has 1 atom stereocenters. The van der Waals surface area contributed by atoms with E-state index in [0.29, 0.717) is 11.6 Å². The lowest BCUT2D eigenvalue weighted by molar-refractivity contribution is -0.122. The summed E-state index contributed by atoms with van der Waals surface area (Å²) in [5.74, 6) is -0.158. The maximum absolute atomic E-state index is 11.2. The van der Waals surface area contributed by atoms with Gasteiger partial charge in [-0.05, 0) is 37.1 Å². The van der Waals surface area contributed by atoms with Crippen LogP contribution in [-0.2, 0) is 11.3 Å². The lowest BCUT2D eigenvalue weighted by Gasteiger charge is -2.10. The fraction of sp³-hybridized carbons (Fsp3) is 0.364. The van der Waals surface area contributed by atoms with Gasteiger partial charge in [0.1, 0.15) is 0 Å². The van der Waals surface area contributed by atoms with Gasteiger partial charge in [0, 0.05) is 11.6 Å². The Morgan fingerprint density at radius 1 is 1.56 bits per heavy atom. The van der Waals surface area contributed by atoms with Crippen LogP contribution in [0.15, 0.2) is 18.2 Å².